The number of rotatable bonds is 5. The lowest BCUT2D eigenvalue weighted by molar-refractivity contribution is -0.128. The van der Waals surface area contributed by atoms with Gasteiger partial charge in [0.1, 0.15) is 24.9 Å². The first-order chi connectivity index (χ1) is 17.4. The molecule has 3 aromatic rings. The van der Waals surface area contributed by atoms with Crippen LogP contribution in [-0.4, -0.2) is 72.1 Å². The highest BCUT2D eigenvalue weighted by molar-refractivity contribution is 5.91. The van der Waals surface area contributed by atoms with Gasteiger partial charge in [-0.15, -0.1) is 0 Å². The minimum absolute atomic E-state index is 0.135. The van der Waals surface area contributed by atoms with Gasteiger partial charge in [-0.25, -0.2) is 9.97 Å². The predicted molar refractivity (Wildman–Crippen MR) is 141 cm³/mol. The number of carbonyl (C=O) groups excluding carboxylic acids is 1. The Hall–Kier alpha value is -3.39. The maximum atomic E-state index is 11.9. The second-order valence-electron chi connectivity index (χ2n) is 9.78. The van der Waals surface area contributed by atoms with Gasteiger partial charge in [0.2, 0.25) is 5.91 Å². The van der Waals surface area contributed by atoms with Crippen LogP contribution in [-0.2, 0) is 11.3 Å². The quantitative estimate of drug-likeness (QED) is 0.537. The lowest BCUT2D eigenvalue weighted by Gasteiger charge is -2.28. The molecule has 1 aromatic heterocycles. The highest BCUT2D eigenvalue weighted by Crippen LogP contribution is 2.34. The molecule has 1 fully saturated rings. The summed E-state index contributed by atoms with van der Waals surface area (Å²) >= 11 is 0. The second-order valence-corrected chi connectivity index (χ2v) is 9.78. The molecule has 1 amide bonds. The van der Waals surface area contributed by atoms with Gasteiger partial charge in [-0.1, -0.05) is 18.2 Å². The molecule has 2 aromatic carbocycles. The summed E-state index contributed by atoms with van der Waals surface area (Å²) in [5, 5.41) is 1.07. The van der Waals surface area contributed by atoms with Crippen molar-refractivity contribution in [3.63, 3.8) is 0 Å². The summed E-state index contributed by atoms with van der Waals surface area (Å²) in [7, 11) is 2.10. The van der Waals surface area contributed by atoms with Crippen molar-refractivity contribution in [2.45, 2.75) is 39.8 Å². The Bertz CT molecular complexity index is 1260. The van der Waals surface area contributed by atoms with Gasteiger partial charge in [0, 0.05) is 44.5 Å². The van der Waals surface area contributed by atoms with E-state index in [9.17, 15) is 4.79 Å². The number of anilines is 1. The Balaban J connectivity index is 1.42. The number of benzene rings is 2. The molecule has 36 heavy (non-hydrogen) atoms. The zero-order valence-electron chi connectivity index (χ0n) is 21.7. The van der Waals surface area contributed by atoms with E-state index in [1.54, 1.807) is 6.92 Å². The van der Waals surface area contributed by atoms with Gasteiger partial charge in [-0.05, 0) is 56.6 Å². The molecule has 0 unspecified atom stereocenters. The van der Waals surface area contributed by atoms with Gasteiger partial charge in [-0.2, -0.15) is 0 Å². The molecule has 0 spiro atoms. The third-order valence-electron chi connectivity index (χ3n) is 7.30. The van der Waals surface area contributed by atoms with E-state index >= 15 is 0 Å². The number of para-hydroxylation sites is 1. The number of hydrogen-bond acceptors (Lipinski definition) is 7. The molecule has 0 N–H and O–H groups in total. The number of carbonyl (C=O) groups is 1. The molecule has 0 aliphatic carbocycles. The van der Waals surface area contributed by atoms with Crippen molar-refractivity contribution in [2.75, 3.05) is 51.3 Å². The minimum Gasteiger partial charge on any atom is -0.486 e. The number of fused-ring (bicyclic) bond motifs is 2. The molecular formula is C28H35N5O3. The van der Waals surface area contributed by atoms with Gasteiger partial charge >= 0.3 is 0 Å². The Kier molecular flexibility index (Phi) is 6.96. The zero-order valence-corrected chi connectivity index (χ0v) is 21.7. The standard InChI is InChI=1S/C28H35N5O3/c1-19-7-5-8-23-27(19)29-26(30-28(23)33-12-6-11-32(13-14-33)21(3)34)18-31(4)20(2)22-9-10-24-25(17-22)36-16-15-35-24/h5,7-10,17,20H,6,11-16,18H2,1-4H3/t20-/m1/s1. The number of nitrogens with zero attached hydrogens (tertiary/aromatic N) is 5. The highest BCUT2D eigenvalue weighted by Gasteiger charge is 2.22. The number of aryl methyl sites for hydroxylation is 1. The van der Waals surface area contributed by atoms with Crippen LogP contribution in [0.4, 0.5) is 5.82 Å². The fraction of sp³-hybridized carbons (Fsp3) is 0.464. The fourth-order valence-corrected chi connectivity index (χ4v) is 5.01. The number of hydrogen-bond donors (Lipinski definition) is 0. The van der Waals surface area contributed by atoms with E-state index in [-0.39, 0.29) is 11.9 Å². The third kappa shape index (κ3) is 4.95. The molecule has 1 atom stereocenters. The molecule has 0 radical (unpaired) electrons. The van der Waals surface area contributed by atoms with E-state index in [2.05, 4.69) is 61.0 Å². The minimum atomic E-state index is 0.135. The number of ether oxygens (including phenoxy) is 2. The van der Waals surface area contributed by atoms with Crippen LogP contribution in [0.1, 0.15) is 43.3 Å². The van der Waals surface area contributed by atoms with Crippen molar-refractivity contribution in [2.24, 2.45) is 0 Å². The number of aromatic nitrogens is 2. The summed E-state index contributed by atoms with van der Waals surface area (Å²) in [6, 6.07) is 12.6. The van der Waals surface area contributed by atoms with Crippen molar-refractivity contribution < 1.29 is 14.3 Å². The Morgan fingerprint density at radius 3 is 2.67 bits per heavy atom. The van der Waals surface area contributed by atoms with Gasteiger partial charge in [0.25, 0.3) is 0 Å². The first-order valence-electron chi connectivity index (χ1n) is 12.8. The largest absolute Gasteiger partial charge is 0.486 e. The maximum absolute atomic E-state index is 11.9. The average Bonchev–Trinajstić information content (AvgIpc) is 3.14. The summed E-state index contributed by atoms with van der Waals surface area (Å²) < 4.78 is 11.5. The van der Waals surface area contributed by atoms with E-state index in [1.807, 2.05) is 11.0 Å². The molecule has 2 aliphatic heterocycles. The zero-order chi connectivity index (χ0) is 25.2. The molecular weight excluding hydrogens is 454 g/mol. The van der Waals surface area contributed by atoms with Crippen molar-refractivity contribution in [3.05, 3.63) is 53.3 Å². The van der Waals surface area contributed by atoms with Crippen LogP contribution in [0.5, 0.6) is 11.5 Å². The molecule has 1 saturated heterocycles. The smallest absolute Gasteiger partial charge is 0.219 e. The average molecular weight is 490 g/mol. The van der Waals surface area contributed by atoms with Crippen LogP contribution in [0.25, 0.3) is 10.9 Å². The van der Waals surface area contributed by atoms with Crippen LogP contribution in [0, 0.1) is 6.92 Å². The Labute approximate surface area is 212 Å². The molecule has 0 bridgehead atoms. The van der Waals surface area contributed by atoms with Crippen LogP contribution in [0.2, 0.25) is 0 Å². The summed E-state index contributed by atoms with van der Waals surface area (Å²) in [6.45, 7) is 10.8. The van der Waals surface area contributed by atoms with Crippen molar-refractivity contribution in [1.29, 1.82) is 0 Å². The first-order valence-corrected chi connectivity index (χ1v) is 12.8. The van der Waals surface area contributed by atoms with Crippen molar-refractivity contribution in [3.8, 4) is 11.5 Å². The lowest BCUT2D eigenvalue weighted by Crippen LogP contribution is -2.34. The SMILES string of the molecule is CC(=O)N1CCCN(c2nc(CN(C)[C@H](C)c3ccc4c(c3)OCCO4)nc3c(C)cccc23)CC1. The van der Waals surface area contributed by atoms with Crippen LogP contribution in [0.15, 0.2) is 36.4 Å². The van der Waals surface area contributed by atoms with E-state index in [0.717, 1.165) is 71.2 Å². The van der Waals surface area contributed by atoms with Gasteiger partial charge in [0.15, 0.2) is 11.5 Å². The van der Waals surface area contributed by atoms with Gasteiger partial charge in [0.05, 0.1) is 12.1 Å². The van der Waals surface area contributed by atoms with Crippen LogP contribution >= 0.6 is 0 Å². The summed E-state index contributed by atoms with van der Waals surface area (Å²) in [5.41, 5.74) is 3.29. The molecule has 2 aliphatic rings. The predicted octanol–water partition coefficient (Wildman–Crippen LogP) is 3.96. The van der Waals surface area contributed by atoms with Crippen molar-refractivity contribution >= 4 is 22.6 Å². The van der Waals surface area contributed by atoms with E-state index in [1.165, 1.54) is 0 Å². The molecule has 3 heterocycles. The topological polar surface area (TPSA) is 71.0 Å². The molecule has 0 saturated carbocycles. The normalized spacial score (nSPS) is 16.8. The molecule has 190 valence electrons. The molecule has 8 nitrogen and oxygen atoms in total. The highest BCUT2D eigenvalue weighted by atomic mass is 16.6. The Morgan fingerprint density at radius 2 is 1.86 bits per heavy atom. The number of amides is 1. The summed E-state index contributed by atoms with van der Waals surface area (Å²) in [4.78, 5) is 28.5. The van der Waals surface area contributed by atoms with Gasteiger partial charge in [-0.3, -0.25) is 9.69 Å². The fourth-order valence-electron chi connectivity index (χ4n) is 5.01. The van der Waals surface area contributed by atoms with Crippen molar-refractivity contribution in [1.82, 2.24) is 19.8 Å². The summed E-state index contributed by atoms with van der Waals surface area (Å²) in [6.07, 6.45) is 0.924. The second kappa shape index (κ2) is 10.3. The van der Waals surface area contributed by atoms with Crippen LogP contribution < -0.4 is 14.4 Å². The monoisotopic (exact) mass is 489 g/mol. The lowest BCUT2D eigenvalue weighted by atomic mass is 10.1. The van der Waals surface area contributed by atoms with Crippen LogP contribution in [0.3, 0.4) is 0 Å². The first kappa shape index (κ1) is 24.3. The molecule has 8 heteroatoms. The maximum Gasteiger partial charge on any atom is 0.219 e. The summed E-state index contributed by atoms with van der Waals surface area (Å²) in [5.74, 6) is 3.50. The van der Waals surface area contributed by atoms with E-state index in [0.29, 0.717) is 26.3 Å². The van der Waals surface area contributed by atoms with Gasteiger partial charge < -0.3 is 19.3 Å². The third-order valence-corrected chi connectivity index (χ3v) is 7.30. The molecule has 5 rings (SSSR count). The Morgan fingerprint density at radius 1 is 1.06 bits per heavy atom. The van der Waals surface area contributed by atoms with E-state index < -0.39 is 0 Å². The van der Waals surface area contributed by atoms with E-state index in [4.69, 9.17) is 19.4 Å².